The number of halogens is 3. The molecule has 4 aliphatic heterocycles. The van der Waals surface area contributed by atoms with Crippen LogP contribution in [-0.2, 0) is 23.7 Å². The third-order valence-corrected chi connectivity index (χ3v) is 13.8. The van der Waals surface area contributed by atoms with Crippen LogP contribution in [0.3, 0.4) is 0 Å². The number of anilines is 5. The van der Waals surface area contributed by atoms with Crippen molar-refractivity contribution in [3.8, 4) is 5.75 Å². The lowest BCUT2D eigenvalue weighted by atomic mass is 9.92. The quantitative estimate of drug-likeness (QED) is 0.150. The van der Waals surface area contributed by atoms with Crippen molar-refractivity contribution in [2.45, 2.75) is 62.4 Å². The number of aliphatic hydroxyl groups excluding tert-OH is 1. The van der Waals surface area contributed by atoms with Gasteiger partial charge >= 0.3 is 5.92 Å². The van der Waals surface area contributed by atoms with Crippen LogP contribution in [0.2, 0.25) is 5.02 Å². The molecule has 332 valence electrons. The van der Waals surface area contributed by atoms with Gasteiger partial charge in [0.05, 0.1) is 58.9 Å². The molecule has 7 heterocycles. The first-order chi connectivity index (χ1) is 30.4. The van der Waals surface area contributed by atoms with Crippen molar-refractivity contribution in [3.63, 3.8) is 0 Å². The monoisotopic (exact) mass is 885 g/mol. The number of hydrogen-bond acceptors (Lipinski definition) is 13. The van der Waals surface area contributed by atoms with Gasteiger partial charge in [-0.05, 0) is 68.2 Å². The van der Waals surface area contributed by atoms with Gasteiger partial charge in [0.2, 0.25) is 23.5 Å². The number of ether oxygens (including phenoxy) is 1. The van der Waals surface area contributed by atoms with Gasteiger partial charge in [-0.15, -0.1) is 0 Å². The number of para-hydroxylation sites is 1. The molecular weight excluding hydrogens is 836 g/mol. The van der Waals surface area contributed by atoms with E-state index in [0.29, 0.717) is 78.7 Å². The van der Waals surface area contributed by atoms with E-state index in [0.717, 1.165) is 55.6 Å². The molecule has 2 aromatic carbocycles. The predicted octanol–water partition coefficient (Wildman–Crippen LogP) is 4.75. The molecule has 0 radical (unpaired) electrons. The summed E-state index contributed by atoms with van der Waals surface area (Å²) >= 11 is 6.65. The second-order valence-corrected chi connectivity index (χ2v) is 18.1. The highest BCUT2D eigenvalue weighted by molar-refractivity contribution is 6.33. The van der Waals surface area contributed by atoms with Gasteiger partial charge in [0, 0.05) is 76.2 Å². The zero-order chi connectivity index (χ0) is 43.7. The fourth-order valence-electron chi connectivity index (χ4n) is 10.0. The van der Waals surface area contributed by atoms with Gasteiger partial charge in [0.25, 0.3) is 5.56 Å². The number of hydrogen-bond donors (Lipinski definition) is 4. The summed E-state index contributed by atoms with van der Waals surface area (Å²) in [7, 11) is 3.50. The number of nitrogens with one attached hydrogen (secondary N) is 3. The van der Waals surface area contributed by atoms with Gasteiger partial charge in [-0.3, -0.25) is 29.3 Å². The molecule has 4 fully saturated rings. The predicted molar refractivity (Wildman–Crippen MR) is 236 cm³/mol. The Morgan fingerprint density at radius 3 is 2.59 bits per heavy atom. The first-order valence-corrected chi connectivity index (χ1v) is 22.1. The SMILES string of the molecule is Cn1nc(C2CCC(=O)NC2=O)c2cccc(N3CCC(CN4CCN(c5ncc(Cl)c(Nc6ccc7c(c6)c6c(c(=O)n7C)OCC(F)(F)C(C7CC7)N6)n5)C(CO)C4)CC3)c21. The van der Waals surface area contributed by atoms with Gasteiger partial charge in [0.1, 0.15) is 5.02 Å². The second kappa shape index (κ2) is 16.2. The Morgan fingerprint density at radius 2 is 1.83 bits per heavy atom. The molecule has 0 spiro atoms. The van der Waals surface area contributed by atoms with Gasteiger partial charge < -0.3 is 34.8 Å². The molecule has 5 aromatic rings. The standard InChI is InChI=1S/C44H50ClF2N11O5/c1-54-32-10-8-26(18-30(32)36-38(42(54)62)63-23-44(46,47)39(51-36)25-6-7-25)49-40-31(45)19-48-43(52-40)58-17-16-56(21-27(58)22-59)20-24-12-14-57(15-13-24)33-5-3-4-28-35(53-55(2)37(28)33)29-9-11-34(60)50-41(29)61/h3-5,8,10,18-19,24-25,27,29,39,51,59H,6-7,9,11-17,20-23H2,1-2H3,(H,48,49,52)(H,50,60,61). The number of piperidine rings is 2. The third kappa shape index (κ3) is 7.69. The highest BCUT2D eigenvalue weighted by atomic mass is 35.5. The van der Waals surface area contributed by atoms with Crippen LogP contribution < -0.4 is 36.0 Å². The lowest BCUT2D eigenvalue weighted by Crippen LogP contribution is -2.56. The minimum Gasteiger partial charge on any atom is -0.480 e. The number of amides is 2. The maximum Gasteiger partial charge on any atom is 0.301 e. The summed E-state index contributed by atoms with van der Waals surface area (Å²) in [5.41, 5.74) is 3.66. The lowest BCUT2D eigenvalue weighted by Gasteiger charge is -2.43. The summed E-state index contributed by atoms with van der Waals surface area (Å²) in [5, 5.41) is 25.9. The average Bonchev–Trinajstić information content (AvgIpc) is 4.08. The number of aliphatic hydroxyl groups is 1. The Kier molecular flexibility index (Phi) is 10.6. The van der Waals surface area contributed by atoms with E-state index >= 15 is 8.78 Å². The number of aromatic nitrogens is 5. The van der Waals surface area contributed by atoms with Gasteiger partial charge in [-0.1, -0.05) is 23.7 Å². The normalized spacial score (nSPS) is 23.3. The minimum atomic E-state index is -3.15. The molecule has 3 aromatic heterocycles. The molecule has 19 heteroatoms. The van der Waals surface area contributed by atoms with Crippen molar-refractivity contribution in [2.75, 3.05) is 72.9 Å². The van der Waals surface area contributed by atoms with Crippen LogP contribution in [0.4, 0.5) is 37.6 Å². The number of aryl methyl sites for hydroxylation is 2. The number of carbonyl (C=O) groups excluding carboxylic acids is 2. The van der Waals surface area contributed by atoms with Crippen LogP contribution >= 0.6 is 11.6 Å². The van der Waals surface area contributed by atoms with Crippen LogP contribution in [0, 0.1) is 11.8 Å². The van der Waals surface area contributed by atoms with E-state index in [-0.39, 0.29) is 46.8 Å². The van der Waals surface area contributed by atoms with Crippen LogP contribution in [-0.4, -0.2) is 117 Å². The maximum absolute atomic E-state index is 15.2. The number of alkyl halides is 2. The Hall–Kier alpha value is -5.59. The van der Waals surface area contributed by atoms with E-state index in [1.165, 1.54) is 10.8 Å². The molecule has 0 bridgehead atoms. The van der Waals surface area contributed by atoms with Crippen LogP contribution in [0.1, 0.15) is 50.1 Å². The van der Waals surface area contributed by atoms with E-state index in [1.807, 2.05) is 28.8 Å². The molecule has 1 saturated carbocycles. The summed E-state index contributed by atoms with van der Waals surface area (Å²) < 4.78 is 39.2. The summed E-state index contributed by atoms with van der Waals surface area (Å²) in [6.45, 7) is 3.66. The molecule has 4 N–H and O–H groups in total. The number of benzene rings is 2. The average molecular weight is 886 g/mol. The van der Waals surface area contributed by atoms with E-state index in [9.17, 15) is 19.5 Å². The fraction of sp³-hybridized carbons (Fsp3) is 0.500. The number of imide groups is 1. The molecular formula is C44H50ClF2N11O5. The number of carbonyl (C=O) groups is 2. The van der Waals surface area contributed by atoms with E-state index < -0.39 is 30.0 Å². The van der Waals surface area contributed by atoms with Gasteiger partial charge in [0.15, 0.2) is 12.4 Å². The van der Waals surface area contributed by atoms with E-state index in [2.05, 4.69) is 36.8 Å². The maximum atomic E-state index is 15.2. The number of nitrogens with zero attached hydrogens (tertiary/aromatic N) is 8. The Bertz CT molecular complexity index is 2680. The Balaban J connectivity index is 0.803. The molecule has 3 unspecified atom stereocenters. The number of piperazine rings is 1. The van der Waals surface area contributed by atoms with Crippen molar-refractivity contribution in [1.82, 2.24) is 34.5 Å². The van der Waals surface area contributed by atoms with E-state index in [1.54, 1.807) is 25.2 Å². The molecule has 63 heavy (non-hydrogen) atoms. The van der Waals surface area contributed by atoms with Crippen LogP contribution in [0.15, 0.2) is 47.4 Å². The highest BCUT2D eigenvalue weighted by Gasteiger charge is 2.51. The molecule has 3 atom stereocenters. The summed E-state index contributed by atoms with van der Waals surface area (Å²) in [6.07, 6.45) is 5.64. The van der Waals surface area contributed by atoms with E-state index in [4.69, 9.17) is 26.4 Å². The first-order valence-electron chi connectivity index (χ1n) is 21.7. The smallest absolute Gasteiger partial charge is 0.301 e. The van der Waals surface area contributed by atoms with Crippen LogP contribution in [0.25, 0.3) is 21.8 Å². The summed E-state index contributed by atoms with van der Waals surface area (Å²) in [4.78, 5) is 54.0. The summed E-state index contributed by atoms with van der Waals surface area (Å²) in [6, 6.07) is 10.0. The molecule has 1 aliphatic carbocycles. The largest absolute Gasteiger partial charge is 0.480 e. The number of rotatable bonds is 9. The van der Waals surface area contributed by atoms with Crippen molar-refractivity contribution in [1.29, 1.82) is 0 Å². The molecule has 3 saturated heterocycles. The first kappa shape index (κ1) is 41.4. The van der Waals surface area contributed by atoms with Gasteiger partial charge in [-0.2, -0.15) is 10.1 Å². The Morgan fingerprint density at radius 1 is 1.02 bits per heavy atom. The van der Waals surface area contributed by atoms with Crippen molar-refractivity contribution in [3.05, 3.63) is 63.7 Å². The zero-order valence-electron chi connectivity index (χ0n) is 35.1. The van der Waals surface area contributed by atoms with Crippen molar-refractivity contribution >= 4 is 74.0 Å². The highest BCUT2D eigenvalue weighted by Crippen LogP contribution is 2.46. The topological polar surface area (TPSA) is 175 Å². The van der Waals surface area contributed by atoms with Crippen molar-refractivity contribution < 1.29 is 28.2 Å². The second-order valence-electron chi connectivity index (χ2n) is 17.7. The summed E-state index contributed by atoms with van der Waals surface area (Å²) in [5.74, 6) is -3.25. The lowest BCUT2D eigenvalue weighted by molar-refractivity contribution is -0.134. The number of pyridine rings is 1. The van der Waals surface area contributed by atoms with Crippen LogP contribution in [0.5, 0.6) is 5.75 Å². The minimum absolute atomic E-state index is 0.0936. The number of fused-ring (bicyclic) bond motifs is 4. The molecule has 5 aliphatic rings. The third-order valence-electron chi connectivity index (χ3n) is 13.6. The molecule has 2 amide bonds. The zero-order valence-corrected chi connectivity index (χ0v) is 35.9. The fourth-order valence-corrected chi connectivity index (χ4v) is 10.2. The van der Waals surface area contributed by atoms with Crippen molar-refractivity contribution in [2.24, 2.45) is 25.9 Å². The Labute approximate surface area is 366 Å². The van der Waals surface area contributed by atoms with Gasteiger partial charge in [-0.25, -0.2) is 13.8 Å². The molecule has 16 nitrogen and oxygen atoms in total. The molecule has 10 rings (SSSR count).